The number of hydrogen-bond donors (Lipinski definition) is 2. The Morgan fingerprint density at radius 1 is 0.964 bits per heavy atom. The van der Waals surface area contributed by atoms with Gasteiger partial charge in [0.25, 0.3) is 0 Å². The molecule has 2 saturated heterocycles. The first-order chi connectivity index (χ1) is 13.4. The molecule has 2 N–H and O–H groups in total. The minimum Gasteiger partial charge on any atom is -0.344 e. The van der Waals surface area contributed by atoms with Gasteiger partial charge in [-0.3, -0.25) is 9.59 Å². The number of carbonyl (C=O) groups excluding carboxylic acids is 2. The first-order valence-electron chi connectivity index (χ1n) is 11.8. The number of amides is 2. The summed E-state index contributed by atoms with van der Waals surface area (Å²) in [4.78, 5) is 29.3. The second-order valence-electron chi connectivity index (χ2n) is 11.0. The van der Waals surface area contributed by atoms with E-state index < -0.39 is 0 Å². The lowest BCUT2D eigenvalue weighted by atomic mass is 9.49. The van der Waals surface area contributed by atoms with Crippen LogP contribution in [0.15, 0.2) is 0 Å². The van der Waals surface area contributed by atoms with Crippen molar-refractivity contribution >= 4 is 11.8 Å². The summed E-state index contributed by atoms with van der Waals surface area (Å²) in [6.45, 7) is 6.06. The Bertz CT molecular complexity index is 596. The van der Waals surface area contributed by atoms with Gasteiger partial charge in [-0.15, -0.1) is 0 Å². The number of nitrogens with one attached hydrogen (secondary N) is 2. The van der Waals surface area contributed by atoms with E-state index in [0.29, 0.717) is 12.1 Å². The third kappa shape index (κ3) is 3.09. The minimum absolute atomic E-state index is 0.126. The SMILES string of the molecule is CC(C)C(NC(=O)C12CC3CC(CC(C3)C1)C2)C(=O)N1C2CCNCC1CC2. The van der Waals surface area contributed by atoms with Crippen LogP contribution in [0.1, 0.15) is 71.6 Å². The normalized spacial score (nSPS) is 42.5. The van der Waals surface area contributed by atoms with Gasteiger partial charge in [-0.25, -0.2) is 0 Å². The maximum Gasteiger partial charge on any atom is 0.245 e. The van der Waals surface area contributed by atoms with Gasteiger partial charge in [0, 0.05) is 24.0 Å². The first-order valence-corrected chi connectivity index (χ1v) is 11.8. The Balaban J connectivity index is 1.33. The molecule has 6 aliphatic rings. The van der Waals surface area contributed by atoms with E-state index in [1.807, 2.05) is 0 Å². The molecule has 2 aliphatic heterocycles. The number of hydrogen-bond acceptors (Lipinski definition) is 3. The first kappa shape index (κ1) is 18.9. The van der Waals surface area contributed by atoms with Crippen molar-refractivity contribution in [1.29, 1.82) is 0 Å². The number of fused-ring (bicyclic) bond motifs is 2. The van der Waals surface area contributed by atoms with Crippen molar-refractivity contribution in [3.63, 3.8) is 0 Å². The molecule has 6 fully saturated rings. The molecule has 4 saturated carbocycles. The van der Waals surface area contributed by atoms with Crippen molar-refractivity contribution in [2.75, 3.05) is 13.1 Å². The maximum atomic E-state index is 13.6. The van der Waals surface area contributed by atoms with E-state index in [1.165, 1.54) is 19.3 Å². The molecule has 6 rings (SSSR count). The second-order valence-corrected chi connectivity index (χ2v) is 11.0. The molecule has 0 aromatic heterocycles. The van der Waals surface area contributed by atoms with Crippen LogP contribution < -0.4 is 10.6 Å². The fourth-order valence-corrected chi connectivity index (χ4v) is 7.70. The molecule has 5 heteroatoms. The Labute approximate surface area is 169 Å². The van der Waals surface area contributed by atoms with Crippen molar-refractivity contribution in [3.8, 4) is 0 Å². The van der Waals surface area contributed by atoms with Gasteiger partial charge in [0.05, 0.1) is 0 Å². The molecule has 3 atom stereocenters. The summed E-state index contributed by atoms with van der Waals surface area (Å²) in [5, 5.41) is 6.79. The maximum absolute atomic E-state index is 13.6. The standard InChI is InChI=1S/C23H37N3O2/c1-14(2)20(21(27)26-18-3-4-19(26)13-24-6-5-18)25-22(28)23-10-15-7-16(11-23)9-17(8-15)12-23/h14-20,24H,3-13H2,1-2H3,(H,25,28). The van der Waals surface area contributed by atoms with E-state index in [2.05, 4.69) is 29.4 Å². The summed E-state index contributed by atoms with van der Waals surface area (Å²) >= 11 is 0. The average molecular weight is 388 g/mol. The van der Waals surface area contributed by atoms with Crippen LogP contribution in [0.5, 0.6) is 0 Å². The molecule has 3 unspecified atom stereocenters. The Morgan fingerprint density at radius 2 is 1.57 bits per heavy atom. The van der Waals surface area contributed by atoms with Gasteiger partial charge < -0.3 is 15.5 Å². The molecule has 0 aromatic rings. The van der Waals surface area contributed by atoms with Crippen molar-refractivity contribution in [2.24, 2.45) is 29.1 Å². The summed E-state index contributed by atoms with van der Waals surface area (Å²) in [7, 11) is 0. The topological polar surface area (TPSA) is 61.4 Å². The van der Waals surface area contributed by atoms with Crippen molar-refractivity contribution in [3.05, 3.63) is 0 Å². The van der Waals surface area contributed by atoms with Gasteiger partial charge in [-0.05, 0) is 88.0 Å². The number of nitrogens with zero attached hydrogens (tertiary/aromatic N) is 1. The molecule has 2 heterocycles. The van der Waals surface area contributed by atoms with Crippen LogP contribution in [-0.2, 0) is 9.59 Å². The molecule has 6 bridgehead atoms. The van der Waals surface area contributed by atoms with Crippen LogP contribution >= 0.6 is 0 Å². The predicted octanol–water partition coefficient (Wildman–Crippen LogP) is 2.70. The molecule has 2 amide bonds. The number of rotatable bonds is 4. The molecule has 156 valence electrons. The van der Waals surface area contributed by atoms with Crippen molar-refractivity contribution in [2.45, 2.75) is 89.8 Å². The average Bonchev–Trinajstić information content (AvgIpc) is 2.90. The Morgan fingerprint density at radius 3 is 2.18 bits per heavy atom. The highest BCUT2D eigenvalue weighted by atomic mass is 16.2. The Kier molecular flexibility index (Phi) is 4.72. The predicted molar refractivity (Wildman–Crippen MR) is 109 cm³/mol. The summed E-state index contributed by atoms with van der Waals surface area (Å²) in [6.07, 6.45) is 10.4. The zero-order chi connectivity index (χ0) is 19.5. The van der Waals surface area contributed by atoms with E-state index in [9.17, 15) is 9.59 Å². The largest absolute Gasteiger partial charge is 0.344 e. The molecule has 0 spiro atoms. The van der Waals surface area contributed by atoms with Crippen LogP contribution in [0.3, 0.4) is 0 Å². The summed E-state index contributed by atoms with van der Waals surface area (Å²) in [5.74, 6) is 2.73. The molecule has 28 heavy (non-hydrogen) atoms. The fraction of sp³-hybridized carbons (Fsp3) is 0.913. The summed E-state index contributed by atoms with van der Waals surface area (Å²) in [6, 6.07) is 0.282. The third-order valence-electron chi connectivity index (χ3n) is 8.65. The van der Waals surface area contributed by atoms with E-state index in [1.54, 1.807) is 0 Å². The monoisotopic (exact) mass is 387 g/mol. The van der Waals surface area contributed by atoms with Crippen LogP contribution in [0.2, 0.25) is 0 Å². The zero-order valence-corrected chi connectivity index (χ0v) is 17.6. The smallest absolute Gasteiger partial charge is 0.245 e. The molecule has 4 aliphatic carbocycles. The van der Waals surface area contributed by atoms with E-state index in [-0.39, 0.29) is 29.2 Å². The molecule has 5 nitrogen and oxygen atoms in total. The highest BCUT2D eigenvalue weighted by Gasteiger charge is 2.55. The lowest BCUT2D eigenvalue weighted by molar-refractivity contribution is -0.151. The summed E-state index contributed by atoms with van der Waals surface area (Å²) in [5.41, 5.74) is -0.179. The highest BCUT2D eigenvalue weighted by Crippen LogP contribution is 2.60. The minimum atomic E-state index is -0.373. The molecule has 0 radical (unpaired) electrons. The van der Waals surface area contributed by atoms with Gasteiger partial charge in [0.15, 0.2) is 0 Å². The Hall–Kier alpha value is -1.10. The fourth-order valence-electron chi connectivity index (χ4n) is 7.70. The van der Waals surface area contributed by atoms with E-state index in [4.69, 9.17) is 0 Å². The van der Waals surface area contributed by atoms with Crippen LogP contribution in [0.4, 0.5) is 0 Å². The van der Waals surface area contributed by atoms with Gasteiger partial charge in [0.2, 0.25) is 11.8 Å². The van der Waals surface area contributed by atoms with Crippen LogP contribution in [0, 0.1) is 29.1 Å². The second kappa shape index (κ2) is 7.00. The van der Waals surface area contributed by atoms with Gasteiger partial charge in [-0.1, -0.05) is 13.8 Å². The lowest BCUT2D eigenvalue weighted by Crippen LogP contribution is -2.60. The zero-order valence-electron chi connectivity index (χ0n) is 17.6. The van der Waals surface area contributed by atoms with Crippen LogP contribution in [-0.4, -0.2) is 47.9 Å². The van der Waals surface area contributed by atoms with Gasteiger partial charge in [-0.2, -0.15) is 0 Å². The molecular weight excluding hydrogens is 350 g/mol. The van der Waals surface area contributed by atoms with Gasteiger partial charge in [0.1, 0.15) is 6.04 Å². The molecular formula is C23H37N3O2. The lowest BCUT2D eigenvalue weighted by Gasteiger charge is -2.56. The van der Waals surface area contributed by atoms with Crippen LogP contribution in [0.25, 0.3) is 0 Å². The molecule has 0 aromatic carbocycles. The van der Waals surface area contributed by atoms with Gasteiger partial charge >= 0.3 is 0 Å². The number of carbonyl (C=O) groups is 2. The highest BCUT2D eigenvalue weighted by molar-refractivity contribution is 5.91. The van der Waals surface area contributed by atoms with E-state index in [0.717, 1.165) is 69.4 Å². The van der Waals surface area contributed by atoms with Crippen molar-refractivity contribution in [1.82, 2.24) is 15.5 Å². The quantitative estimate of drug-likeness (QED) is 0.780. The third-order valence-corrected chi connectivity index (χ3v) is 8.65. The summed E-state index contributed by atoms with van der Waals surface area (Å²) < 4.78 is 0. The van der Waals surface area contributed by atoms with Crippen molar-refractivity contribution < 1.29 is 9.59 Å². The van der Waals surface area contributed by atoms with E-state index >= 15 is 0 Å².